The van der Waals surface area contributed by atoms with Crippen molar-refractivity contribution in [3.8, 4) is 0 Å². The van der Waals surface area contributed by atoms with Crippen LogP contribution in [0.2, 0.25) is 0 Å². The normalized spacial score (nSPS) is 25.2. The number of hydrogen-bond donors (Lipinski definition) is 0. The maximum atomic E-state index is 10.7. The van der Waals surface area contributed by atoms with Crippen LogP contribution in [0.25, 0.3) is 0 Å². The first kappa shape index (κ1) is 10.9. The first-order valence-electron chi connectivity index (χ1n) is 4.58. The molecule has 1 rings (SSSR count). The van der Waals surface area contributed by atoms with Crippen LogP contribution in [0.3, 0.4) is 0 Å². The smallest absolute Gasteiger partial charge is 0.264 e. The van der Waals surface area contributed by atoms with Gasteiger partial charge in [-0.1, -0.05) is 6.92 Å². The SMILES string of the molecule is CCN1CCC(COS(C)(=O)=O)C1. The molecule has 1 saturated heterocycles. The molecule has 0 aromatic heterocycles. The Labute approximate surface area is 80.0 Å². The molecule has 0 aromatic rings. The Kier molecular flexibility index (Phi) is 3.70. The molecule has 0 aromatic carbocycles. The second-order valence-electron chi connectivity index (χ2n) is 3.54. The van der Waals surface area contributed by atoms with Crippen LogP contribution >= 0.6 is 0 Å². The number of likely N-dealkylation sites (tertiary alicyclic amines) is 1. The topological polar surface area (TPSA) is 46.6 Å². The van der Waals surface area contributed by atoms with E-state index in [4.69, 9.17) is 4.18 Å². The summed E-state index contributed by atoms with van der Waals surface area (Å²) < 4.78 is 26.2. The van der Waals surface area contributed by atoms with Crippen LogP contribution in [0.1, 0.15) is 13.3 Å². The number of hydrogen-bond acceptors (Lipinski definition) is 4. The van der Waals surface area contributed by atoms with Crippen LogP contribution in [-0.2, 0) is 14.3 Å². The molecule has 0 bridgehead atoms. The third-order valence-corrected chi connectivity index (χ3v) is 2.90. The van der Waals surface area contributed by atoms with Gasteiger partial charge in [0.15, 0.2) is 0 Å². The molecule has 0 radical (unpaired) electrons. The molecule has 0 N–H and O–H groups in total. The van der Waals surface area contributed by atoms with Gasteiger partial charge in [0, 0.05) is 6.54 Å². The van der Waals surface area contributed by atoms with E-state index in [1.165, 1.54) is 0 Å². The Morgan fingerprint density at radius 3 is 2.69 bits per heavy atom. The number of rotatable bonds is 4. The Morgan fingerprint density at radius 1 is 1.54 bits per heavy atom. The van der Waals surface area contributed by atoms with E-state index in [9.17, 15) is 8.42 Å². The van der Waals surface area contributed by atoms with Gasteiger partial charge in [-0.25, -0.2) is 0 Å². The van der Waals surface area contributed by atoms with E-state index < -0.39 is 10.1 Å². The lowest BCUT2D eigenvalue weighted by Crippen LogP contribution is -2.21. The minimum Gasteiger partial charge on any atom is -0.303 e. The fourth-order valence-electron chi connectivity index (χ4n) is 1.56. The van der Waals surface area contributed by atoms with Gasteiger partial charge in [0.05, 0.1) is 12.9 Å². The fourth-order valence-corrected chi connectivity index (χ4v) is 2.00. The Morgan fingerprint density at radius 2 is 2.23 bits per heavy atom. The monoisotopic (exact) mass is 207 g/mol. The van der Waals surface area contributed by atoms with E-state index in [1.54, 1.807) is 0 Å². The molecule has 5 heteroatoms. The zero-order chi connectivity index (χ0) is 9.90. The summed E-state index contributed by atoms with van der Waals surface area (Å²) in [5.74, 6) is 0.384. The maximum absolute atomic E-state index is 10.7. The molecular formula is C8H17NO3S. The van der Waals surface area contributed by atoms with Crippen molar-refractivity contribution in [2.45, 2.75) is 13.3 Å². The highest BCUT2D eigenvalue weighted by molar-refractivity contribution is 7.85. The summed E-state index contributed by atoms with van der Waals surface area (Å²) in [6.45, 7) is 5.52. The molecule has 1 atom stereocenters. The van der Waals surface area contributed by atoms with E-state index in [0.29, 0.717) is 12.5 Å². The summed E-state index contributed by atoms with van der Waals surface area (Å²) >= 11 is 0. The van der Waals surface area contributed by atoms with Crippen molar-refractivity contribution in [3.63, 3.8) is 0 Å². The van der Waals surface area contributed by atoms with Gasteiger partial charge in [0.25, 0.3) is 10.1 Å². The highest BCUT2D eigenvalue weighted by atomic mass is 32.2. The molecular weight excluding hydrogens is 190 g/mol. The lowest BCUT2D eigenvalue weighted by atomic mass is 10.1. The average molecular weight is 207 g/mol. The first-order valence-corrected chi connectivity index (χ1v) is 6.39. The van der Waals surface area contributed by atoms with Gasteiger partial charge in [-0.3, -0.25) is 4.18 Å². The van der Waals surface area contributed by atoms with Crippen molar-refractivity contribution >= 4 is 10.1 Å². The molecule has 1 aliphatic heterocycles. The van der Waals surface area contributed by atoms with Crippen LogP contribution in [-0.4, -0.2) is 45.8 Å². The van der Waals surface area contributed by atoms with E-state index >= 15 is 0 Å². The molecule has 1 unspecified atom stereocenters. The zero-order valence-corrected chi connectivity index (χ0v) is 9.01. The van der Waals surface area contributed by atoms with Gasteiger partial charge >= 0.3 is 0 Å². The quantitative estimate of drug-likeness (QED) is 0.622. The number of nitrogens with zero attached hydrogens (tertiary/aromatic N) is 1. The van der Waals surface area contributed by atoms with Crippen LogP contribution in [0.15, 0.2) is 0 Å². The summed E-state index contributed by atoms with van der Waals surface area (Å²) in [5.41, 5.74) is 0. The van der Waals surface area contributed by atoms with Crippen molar-refractivity contribution in [1.29, 1.82) is 0 Å². The van der Waals surface area contributed by atoms with Crippen LogP contribution in [0, 0.1) is 5.92 Å². The largest absolute Gasteiger partial charge is 0.303 e. The van der Waals surface area contributed by atoms with Gasteiger partial charge < -0.3 is 4.90 Å². The third-order valence-electron chi connectivity index (χ3n) is 2.34. The standard InChI is InChI=1S/C8H17NO3S/c1-3-9-5-4-8(6-9)7-12-13(2,10)11/h8H,3-7H2,1-2H3. The maximum Gasteiger partial charge on any atom is 0.264 e. The lowest BCUT2D eigenvalue weighted by molar-refractivity contribution is 0.250. The minimum absolute atomic E-state index is 0.343. The van der Waals surface area contributed by atoms with Crippen molar-refractivity contribution in [2.24, 2.45) is 5.92 Å². The average Bonchev–Trinajstić information content (AvgIpc) is 2.47. The molecule has 0 aliphatic carbocycles. The van der Waals surface area contributed by atoms with Crippen molar-refractivity contribution in [2.75, 3.05) is 32.5 Å². The highest BCUT2D eigenvalue weighted by Gasteiger charge is 2.22. The van der Waals surface area contributed by atoms with E-state index in [1.807, 2.05) is 0 Å². The van der Waals surface area contributed by atoms with Crippen LogP contribution < -0.4 is 0 Å². The summed E-state index contributed by atoms with van der Waals surface area (Å²) in [7, 11) is -3.25. The minimum atomic E-state index is -3.25. The predicted molar refractivity (Wildman–Crippen MR) is 51.0 cm³/mol. The molecule has 1 heterocycles. The summed E-state index contributed by atoms with van der Waals surface area (Å²) in [4.78, 5) is 2.30. The van der Waals surface area contributed by atoms with Gasteiger partial charge in [-0.15, -0.1) is 0 Å². The molecule has 4 nitrogen and oxygen atoms in total. The van der Waals surface area contributed by atoms with Crippen molar-refractivity contribution in [1.82, 2.24) is 4.90 Å². The first-order chi connectivity index (χ1) is 6.01. The van der Waals surface area contributed by atoms with Crippen molar-refractivity contribution < 1.29 is 12.6 Å². The summed E-state index contributed by atoms with van der Waals surface area (Å²) in [5, 5.41) is 0. The van der Waals surface area contributed by atoms with Gasteiger partial charge in [0.2, 0.25) is 0 Å². The highest BCUT2D eigenvalue weighted by Crippen LogP contribution is 2.16. The van der Waals surface area contributed by atoms with E-state index in [2.05, 4.69) is 11.8 Å². The fraction of sp³-hybridized carbons (Fsp3) is 1.00. The van der Waals surface area contributed by atoms with Crippen LogP contribution in [0.4, 0.5) is 0 Å². The third kappa shape index (κ3) is 4.06. The van der Waals surface area contributed by atoms with E-state index in [-0.39, 0.29) is 0 Å². The zero-order valence-electron chi connectivity index (χ0n) is 8.19. The molecule has 13 heavy (non-hydrogen) atoms. The summed E-state index contributed by atoms with van der Waals surface area (Å²) in [6, 6.07) is 0. The lowest BCUT2D eigenvalue weighted by Gasteiger charge is -2.12. The predicted octanol–water partition coefficient (Wildman–Crippen LogP) is 0.304. The molecule has 0 spiro atoms. The Hall–Kier alpha value is -0.130. The molecule has 1 aliphatic rings. The second-order valence-corrected chi connectivity index (χ2v) is 5.18. The molecule has 78 valence electrons. The molecule has 0 saturated carbocycles. The van der Waals surface area contributed by atoms with E-state index in [0.717, 1.165) is 32.3 Å². The van der Waals surface area contributed by atoms with Gasteiger partial charge in [0.1, 0.15) is 0 Å². The summed E-state index contributed by atoms with van der Waals surface area (Å²) in [6.07, 6.45) is 2.14. The second kappa shape index (κ2) is 4.39. The van der Waals surface area contributed by atoms with Gasteiger partial charge in [-0.05, 0) is 25.4 Å². The van der Waals surface area contributed by atoms with Crippen molar-refractivity contribution in [3.05, 3.63) is 0 Å². The molecule has 1 fully saturated rings. The Balaban J connectivity index is 2.25. The van der Waals surface area contributed by atoms with Crippen LogP contribution in [0.5, 0.6) is 0 Å². The van der Waals surface area contributed by atoms with Gasteiger partial charge in [-0.2, -0.15) is 8.42 Å². The Bertz CT molecular complexity index is 250. The molecule has 0 amide bonds.